The summed E-state index contributed by atoms with van der Waals surface area (Å²) in [5.74, 6) is 2.21. The molecule has 0 saturated carbocycles. The number of rotatable bonds is 3. The molecule has 0 amide bonds. The van der Waals surface area contributed by atoms with Crippen molar-refractivity contribution < 1.29 is 4.79 Å². The molecule has 2 fully saturated rings. The molecular formula is C16H18N2OS4. The van der Waals surface area contributed by atoms with Gasteiger partial charge in [-0.15, -0.1) is 23.5 Å². The fourth-order valence-corrected chi connectivity index (χ4v) is 6.48. The van der Waals surface area contributed by atoms with Crippen LogP contribution in [-0.2, 0) is 0 Å². The Hall–Kier alpha value is -0.470. The first-order valence-corrected chi connectivity index (χ1v) is 10.7. The second-order valence-corrected chi connectivity index (χ2v) is 9.23. The molecule has 23 heavy (non-hydrogen) atoms. The highest BCUT2D eigenvalue weighted by Gasteiger charge is 2.25. The first kappa shape index (κ1) is 17.4. The average Bonchev–Trinajstić information content (AvgIpc) is 3.15. The summed E-state index contributed by atoms with van der Waals surface area (Å²) in [6.45, 7) is 3.72. The van der Waals surface area contributed by atoms with Gasteiger partial charge in [0.05, 0.1) is 9.14 Å². The normalized spacial score (nSPS) is 18.1. The number of ketones is 1. The summed E-state index contributed by atoms with van der Waals surface area (Å²) in [5, 5.41) is 3.33. The molecule has 3 nitrogen and oxygen atoms in total. The summed E-state index contributed by atoms with van der Waals surface area (Å²) >= 11 is 10.6. The summed E-state index contributed by atoms with van der Waals surface area (Å²) in [5.41, 5.74) is 0.735. The van der Waals surface area contributed by atoms with Crippen molar-refractivity contribution in [3.8, 4) is 0 Å². The lowest BCUT2D eigenvalue weighted by Gasteiger charge is -2.29. The van der Waals surface area contributed by atoms with E-state index >= 15 is 0 Å². The number of benzene rings is 1. The van der Waals surface area contributed by atoms with Gasteiger partial charge in [0.2, 0.25) is 5.78 Å². The van der Waals surface area contributed by atoms with Gasteiger partial charge >= 0.3 is 0 Å². The number of thiocarbonyl (C=S) groups is 1. The highest BCUT2D eigenvalue weighted by atomic mass is 32.2. The molecule has 2 heterocycles. The number of carbonyl (C=O) groups is 1. The second kappa shape index (κ2) is 8.58. The molecule has 2 aliphatic heterocycles. The van der Waals surface area contributed by atoms with Gasteiger partial charge in [-0.1, -0.05) is 54.3 Å². The van der Waals surface area contributed by atoms with Crippen molar-refractivity contribution in [2.24, 2.45) is 0 Å². The molecule has 0 aromatic heterocycles. The largest absolute Gasteiger partial charge is 0.355 e. The van der Waals surface area contributed by atoms with E-state index in [1.54, 1.807) is 23.5 Å². The zero-order valence-corrected chi connectivity index (χ0v) is 15.9. The number of Topliss-reactive ketones (excluding diaryl/α,β-unsaturated/α-hetero) is 1. The van der Waals surface area contributed by atoms with E-state index < -0.39 is 0 Å². The van der Waals surface area contributed by atoms with E-state index in [-0.39, 0.29) is 5.78 Å². The standard InChI is InChI=1S/C16H18N2OS4/c19-13(12-4-2-1-3-5-12)14(15-21-10-11-22-15)23-16(20)18-8-6-17-7-9-18/h1-5,17H,6-11H2. The van der Waals surface area contributed by atoms with Crippen molar-refractivity contribution >= 4 is 57.6 Å². The molecule has 0 bridgehead atoms. The van der Waals surface area contributed by atoms with Gasteiger partial charge in [-0.25, -0.2) is 0 Å². The number of piperazine rings is 1. The van der Waals surface area contributed by atoms with Crippen LogP contribution in [0.15, 0.2) is 39.5 Å². The predicted molar refractivity (Wildman–Crippen MR) is 107 cm³/mol. The van der Waals surface area contributed by atoms with Crippen LogP contribution < -0.4 is 5.32 Å². The quantitative estimate of drug-likeness (QED) is 0.487. The summed E-state index contributed by atoms with van der Waals surface area (Å²) in [7, 11) is 0. The number of hydrogen-bond donors (Lipinski definition) is 1. The Bertz CT molecular complexity index is 604. The maximum atomic E-state index is 13.0. The van der Waals surface area contributed by atoms with Crippen molar-refractivity contribution in [2.75, 3.05) is 37.7 Å². The van der Waals surface area contributed by atoms with E-state index in [0.29, 0.717) is 0 Å². The van der Waals surface area contributed by atoms with Gasteiger partial charge in [-0.3, -0.25) is 4.79 Å². The van der Waals surface area contributed by atoms with Crippen molar-refractivity contribution in [1.29, 1.82) is 0 Å². The third kappa shape index (κ3) is 4.54. The van der Waals surface area contributed by atoms with Gasteiger partial charge in [0.15, 0.2) is 0 Å². The molecule has 1 N–H and O–H groups in total. The molecule has 7 heteroatoms. The fraction of sp³-hybridized carbons (Fsp3) is 0.375. The van der Waals surface area contributed by atoms with E-state index in [1.807, 2.05) is 30.3 Å². The molecule has 3 rings (SSSR count). The smallest absolute Gasteiger partial charge is 0.201 e. The Morgan fingerprint density at radius 1 is 1.13 bits per heavy atom. The highest BCUT2D eigenvalue weighted by Crippen LogP contribution is 2.43. The molecule has 0 spiro atoms. The fourth-order valence-electron chi connectivity index (χ4n) is 2.34. The van der Waals surface area contributed by atoms with E-state index in [2.05, 4.69) is 10.2 Å². The van der Waals surface area contributed by atoms with Crippen LogP contribution in [0.5, 0.6) is 0 Å². The number of carbonyl (C=O) groups excluding carboxylic acids is 1. The lowest BCUT2D eigenvalue weighted by molar-refractivity contribution is 0.104. The van der Waals surface area contributed by atoms with Crippen LogP contribution in [0.1, 0.15) is 10.4 Å². The van der Waals surface area contributed by atoms with Crippen molar-refractivity contribution in [3.63, 3.8) is 0 Å². The van der Waals surface area contributed by atoms with Crippen molar-refractivity contribution in [3.05, 3.63) is 45.0 Å². The molecule has 2 aliphatic rings. The maximum absolute atomic E-state index is 13.0. The molecular weight excluding hydrogens is 364 g/mol. The Labute approximate surface area is 155 Å². The predicted octanol–water partition coefficient (Wildman–Crippen LogP) is 3.44. The van der Waals surface area contributed by atoms with E-state index in [9.17, 15) is 4.79 Å². The van der Waals surface area contributed by atoms with Gasteiger partial charge in [-0.2, -0.15) is 0 Å². The van der Waals surface area contributed by atoms with Crippen molar-refractivity contribution in [1.82, 2.24) is 10.2 Å². The Balaban J connectivity index is 1.80. The lowest BCUT2D eigenvalue weighted by Crippen LogP contribution is -2.45. The third-order valence-corrected chi connectivity index (χ3v) is 8.05. The van der Waals surface area contributed by atoms with E-state index in [1.165, 1.54) is 11.8 Å². The first-order valence-electron chi connectivity index (χ1n) is 7.53. The summed E-state index contributed by atoms with van der Waals surface area (Å²) < 4.78 is 1.94. The molecule has 0 radical (unpaired) electrons. The molecule has 0 unspecified atom stereocenters. The van der Waals surface area contributed by atoms with Gasteiger partial charge in [-0.05, 0) is 0 Å². The number of nitrogens with one attached hydrogen (secondary N) is 1. The van der Waals surface area contributed by atoms with Gasteiger partial charge < -0.3 is 10.2 Å². The first-order chi connectivity index (χ1) is 11.3. The summed E-state index contributed by atoms with van der Waals surface area (Å²) in [6.07, 6.45) is 0. The van der Waals surface area contributed by atoms with Crippen LogP contribution >= 0.6 is 47.5 Å². The van der Waals surface area contributed by atoms with Crippen LogP contribution in [0, 0.1) is 0 Å². The van der Waals surface area contributed by atoms with Crippen LogP contribution in [0.3, 0.4) is 0 Å². The van der Waals surface area contributed by atoms with E-state index in [0.717, 1.165) is 56.7 Å². The number of hydrogen-bond acceptors (Lipinski definition) is 6. The number of nitrogens with zero attached hydrogens (tertiary/aromatic N) is 1. The number of allylic oxidation sites excluding steroid dienone is 1. The molecule has 1 aromatic carbocycles. The summed E-state index contributed by atoms with van der Waals surface area (Å²) in [6, 6.07) is 9.50. The van der Waals surface area contributed by atoms with Crippen LogP contribution in [0.25, 0.3) is 0 Å². The monoisotopic (exact) mass is 382 g/mol. The zero-order chi connectivity index (χ0) is 16.1. The second-order valence-electron chi connectivity index (χ2n) is 5.11. The zero-order valence-electron chi connectivity index (χ0n) is 12.6. The SMILES string of the molecule is O=C(C(SC(=S)N1CCNCC1)=C1SCCS1)c1ccccc1. The maximum Gasteiger partial charge on any atom is 0.201 e. The van der Waals surface area contributed by atoms with E-state index in [4.69, 9.17) is 12.2 Å². The Kier molecular flexibility index (Phi) is 6.47. The van der Waals surface area contributed by atoms with Crippen LogP contribution in [0.2, 0.25) is 0 Å². The minimum absolute atomic E-state index is 0.0879. The lowest BCUT2D eigenvalue weighted by atomic mass is 10.1. The molecule has 1 aromatic rings. The molecule has 122 valence electrons. The Morgan fingerprint density at radius 3 is 2.43 bits per heavy atom. The minimum atomic E-state index is 0.0879. The molecule has 2 saturated heterocycles. The molecule has 0 aliphatic carbocycles. The topological polar surface area (TPSA) is 32.3 Å². The average molecular weight is 383 g/mol. The third-order valence-electron chi connectivity index (χ3n) is 3.54. The minimum Gasteiger partial charge on any atom is -0.355 e. The summed E-state index contributed by atoms with van der Waals surface area (Å²) in [4.78, 5) is 15.9. The highest BCUT2D eigenvalue weighted by molar-refractivity contribution is 8.29. The van der Waals surface area contributed by atoms with Gasteiger partial charge in [0, 0.05) is 43.2 Å². The van der Waals surface area contributed by atoms with Gasteiger partial charge in [0.1, 0.15) is 4.32 Å². The van der Waals surface area contributed by atoms with Gasteiger partial charge in [0.25, 0.3) is 0 Å². The number of thioether (sulfide) groups is 3. The molecule has 0 atom stereocenters. The van der Waals surface area contributed by atoms with Crippen LogP contribution in [-0.4, -0.2) is 52.7 Å². The van der Waals surface area contributed by atoms with Crippen molar-refractivity contribution in [2.45, 2.75) is 0 Å². The van der Waals surface area contributed by atoms with Crippen LogP contribution in [0.4, 0.5) is 0 Å². The Morgan fingerprint density at radius 2 is 1.78 bits per heavy atom.